The lowest BCUT2D eigenvalue weighted by atomic mass is 10.1. The van der Waals surface area contributed by atoms with Gasteiger partial charge in [0.05, 0.1) is 17.0 Å². The lowest BCUT2D eigenvalue weighted by Gasteiger charge is -2.30. The van der Waals surface area contributed by atoms with E-state index in [1.54, 1.807) is 11.3 Å². The molecular weight excluding hydrogens is 256 g/mol. The maximum Gasteiger partial charge on any atom is 0.0931 e. The number of nitrogens with zero attached hydrogens (tertiary/aromatic N) is 1. The number of halogens is 1. The van der Waals surface area contributed by atoms with Crippen molar-refractivity contribution in [3.63, 3.8) is 0 Å². The van der Waals surface area contributed by atoms with Gasteiger partial charge >= 0.3 is 0 Å². The first kappa shape index (κ1) is 14.9. The summed E-state index contributed by atoms with van der Waals surface area (Å²) in [4.78, 5) is 3.44. The van der Waals surface area contributed by atoms with Crippen LogP contribution in [0.2, 0.25) is 4.34 Å². The number of hydrogen-bond donors (Lipinski definition) is 1. The van der Waals surface area contributed by atoms with Crippen molar-refractivity contribution in [3.8, 4) is 0 Å². The van der Waals surface area contributed by atoms with Gasteiger partial charge in [-0.3, -0.25) is 4.90 Å². The molecule has 0 fully saturated rings. The first-order valence-corrected chi connectivity index (χ1v) is 7.04. The van der Waals surface area contributed by atoms with E-state index in [1.165, 1.54) is 4.88 Å². The van der Waals surface area contributed by atoms with Gasteiger partial charge in [0.15, 0.2) is 0 Å². The summed E-state index contributed by atoms with van der Waals surface area (Å²) in [6, 6.07) is 4.25. The first-order valence-electron chi connectivity index (χ1n) is 5.85. The second kappa shape index (κ2) is 7.34. The average Bonchev–Trinajstić information content (AvgIpc) is 2.65. The van der Waals surface area contributed by atoms with Gasteiger partial charge in [0.1, 0.15) is 0 Å². The summed E-state index contributed by atoms with van der Waals surface area (Å²) in [5.74, 6) is 0. The molecule has 0 aliphatic rings. The molecule has 17 heavy (non-hydrogen) atoms. The lowest BCUT2D eigenvalue weighted by molar-refractivity contribution is 0.103. The zero-order valence-electron chi connectivity index (χ0n) is 10.6. The van der Waals surface area contributed by atoms with Crippen LogP contribution in [0.3, 0.4) is 0 Å². The Balaban J connectivity index is 2.65. The summed E-state index contributed by atoms with van der Waals surface area (Å²) in [7, 11) is 2.07. The zero-order chi connectivity index (χ0) is 12.8. The van der Waals surface area contributed by atoms with Crippen molar-refractivity contribution in [1.29, 1.82) is 0 Å². The third-order valence-corrected chi connectivity index (χ3v) is 3.95. The molecule has 0 radical (unpaired) electrons. The summed E-state index contributed by atoms with van der Waals surface area (Å²) >= 11 is 7.57. The van der Waals surface area contributed by atoms with Gasteiger partial charge in [0, 0.05) is 24.1 Å². The van der Waals surface area contributed by atoms with Crippen LogP contribution in [0, 0.1) is 0 Å². The van der Waals surface area contributed by atoms with Crippen LogP contribution in [0.25, 0.3) is 0 Å². The zero-order valence-corrected chi connectivity index (χ0v) is 12.2. The van der Waals surface area contributed by atoms with Gasteiger partial charge in [0.25, 0.3) is 0 Å². The highest BCUT2D eigenvalue weighted by molar-refractivity contribution is 7.16. The van der Waals surface area contributed by atoms with Crippen LogP contribution in [-0.4, -0.2) is 37.7 Å². The SMILES string of the molecule is CCOCCN(C)C(c1ccc(Cl)s1)C(C)N. The molecule has 0 amide bonds. The molecule has 2 atom stereocenters. The van der Waals surface area contributed by atoms with E-state index in [2.05, 4.69) is 18.0 Å². The van der Waals surface area contributed by atoms with Crippen molar-refractivity contribution >= 4 is 22.9 Å². The normalized spacial score (nSPS) is 15.2. The minimum atomic E-state index is 0.0661. The van der Waals surface area contributed by atoms with E-state index in [0.29, 0.717) is 0 Å². The molecule has 2 unspecified atom stereocenters. The van der Waals surface area contributed by atoms with Gasteiger partial charge in [0.2, 0.25) is 0 Å². The van der Waals surface area contributed by atoms with E-state index in [0.717, 1.165) is 24.1 Å². The molecule has 0 aliphatic carbocycles. The third-order valence-electron chi connectivity index (χ3n) is 2.65. The third kappa shape index (κ3) is 4.56. The number of thiophene rings is 1. The average molecular weight is 277 g/mol. The van der Waals surface area contributed by atoms with Crippen molar-refractivity contribution in [3.05, 3.63) is 21.3 Å². The van der Waals surface area contributed by atoms with Gasteiger partial charge in [-0.15, -0.1) is 11.3 Å². The molecule has 2 N–H and O–H groups in total. The van der Waals surface area contributed by atoms with Gasteiger partial charge in [-0.1, -0.05) is 11.6 Å². The summed E-state index contributed by atoms with van der Waals surface area (Å²) in [5, 5.41) is 0. The van der Waals surface area contributed by atoms with Crippen LogP contribution in [0.1, 0.15) is 24.8 Å². The fourth-order valence-corrected chi connectivity index (χ4v) is 3.20. The van der Waals surface area contributed by atoms with Crippen LogP contribution >= 0.6 is 22.9 Å². The van der Waals surface area contributed by atoms with Crippen LogP contribution in [0.5, 0.6) is 0 Å². The molecule has 98 valence electrons. The number of rotatable bonds is 7. The summed E-state index contributed by atoms with van der Waals surface area (Å²) in [6.45, 7) is 6.38. The fraction of sp³-hybridized carbons (Fsp3) is 0.667. The van der Waals surface area contributed by atoms with Crippen molar-refractivity contribution in [2.24, 2.45) is 5.73 Å². The Morgan fingerprint density at radius 1 is 1.53 bits per heavy atom. The molecule has 0 saturated heterocycles. The van der Waals surface area contributed by atoms with Crippen LogP contribution in [-0.2, 0) is 4.74 Å². The van der Waals surface area contributed by atoms with Gasteiger partial charge in [-0.25, -0.2) is 0 Å². The smallest absolute Gasteiger partial charge is 0.0931 e. The largest absolute Gasteiger partial charge is 0.380 e. The first-order chi connectivity index (χ1) is 8.06. The molecule has 0 bridgehead atoms. The monoisotopic (exact) mass is 276 g/mol. The molecule has 0 aromatic carbocycles. The molecule has 1 aromatic rings. The maximum atomic E-state index is 6.06. The second-order valence-corrected chi connectivity index (χ2v) is 5.87. The molecule has 1 heterocycles. The quantitative estimate of drug-likeness (QED) is 0.779. The Hall–Kier alpha value is -0.130. The molecule has 0 spiro atoms. The van der Waals surface area contributed by atoms with Crippen LogP contribution in [0.15, 0.2) is 12.1 Å². The minimum absolute atomic E-state index is 0.0661. The summed E-state index contributed by atoms with van der Waals surface area (Å²) in [6.07, 6.45) is 0. The van der Waals surface area contributed by atoms with Crippen LogP contribution < -0.4 is 5.73 Å². The Morgan fingerprint density at radius 2 is 2.24 bits per heavy atom. The molecular formula is C12H21ClN2OS. The molecule has 0 aliphatic heterocycles. The Bertz CT molecular complexity index is 330. The van der Waals surface area contributed by atoms with E-state index >= 15 is 0 Å². The van der Waals surface area contributed by atoms with E-state index < -0.39 is 0 Å². The Morgan fingerprint density at radius 3 is 2.71 bits per heavy atom. The predicted octanol–water partition coefficient (Wildman–Crippen LogP) is 2.76. The predicted molar refractivity (Wildman–Crippen MR) is 74.8 cm³/mol. The van der Waals surface area contributed by atoms with Crippen molar-refractivity contribution in [2.75, 3.05) is 26.8 Å². The van der Waals surface area contributed by atoms with Crippen molar-refractivity contribution in [2.45, 2.75) is 25.9 Å². The van der Waals surface area contributed by atoms with Crippen LogP contribution in [0.4, 0.5) is 0 Å². The number of nitrogens with two attached hydrogens (primary N) is 1. The highest BCUT2D eigenvalue weighted by Crippen LogP contribution is 2.31. The van der Waals surface area contributed by atoms with E-state index in [4.69, 9.17) is 22.1 Å². The summed E-state index contributed by atoms with van der Waals surface area (Å²) < 4.78 is 6.18. The highest BCUT2D eigenvalue weighted by atomic mass is 35.5. The molecule has 5 heteroatoms. The fourth-order valence-electron chi connectivity index (χ4n) is 1.86. The summed E-state index contributed by atoms with van der Waals surface area (Å²) in [5.41, 5.74) is 6.06. The van der Waals surface area contributed by atoms with Crippen molar-refractivity contribution in [1.82, 2.24) is 4.90 Å². The molecule has 0 saturated carbocycles. The molecule has 1 rings (SSSR count). The molecule has 1 aromatic heterocycles. The van der Waals surface area contributed by atoms with Gasteiger partial charge in [-0.2, -0.15) is 0 Å². The van der Waals surface area contributed by atoms with E-state index in [9.17, 15) is 0 Å². The van der Waals surface area contributed by atoms with Gasteiger partial charge in [-0.05, 0) is 33.0 Å². The minimum Gasteiger partial charge on any atom is -0.380 e. The Kier molecular flexibility index (Phi) is 6.44. The maximum absolute atomic E-state index is 6.06. The standard InChI is InChI=1S/C12H21ClN2OS/c1-4-16-8-7-15(3)12(9(2)14)10-5-6-11(13)17-10/h5-6,9,12H,4,7-8,14H2,1-3H3. The highest BCUT2D eigenvalue weighted by Gasteiger charge is 2.22. The molecule has 3 nitrogen and oxygen atoms in total. The number of hydrogen-bond acceptors (Lipinski definition) is 4. The van der Waals surface area contributed by atoms with E-state index in [-0.39, 0.29) is 12.1 Å². The number of likely N-dealkylation sites (N-methyl/N-ethyl adjacent to an activating group) is 1. The van der Waals surface area contributed by atoms with E-state index in [1.807, 2.05) is 19.9 Å². The number of ether oxygens (including phenoxy) is 1. The Labute approximate surface area is 113 Å². The second-order valence-electron chi connectivity index (χ2n) is 4.12. The topological polar surface area (TPSA) is 38.5 Å². The lowest BCUT2D eigenvalue weighted by Crippen LogP contribution is -2.38. The van der Waals surface area contributed by atoms with Crippen molar-refractivity contribution < 1.29 is 4.74 Å². The van der Waals surface area contributed by atoms with Gasteiger partial charge < -0.3 is 10.5 Å².